The van der Waals surface area contributed by atoms with E-state index in [9.17, 15) is 13.2 Å². The minimum absolute atomic E-state index is 0.102. The number of aryl methyl sites for hydroxylation is 1. The minimum atomic E-state index is -3.64. The predicted molar refractivity (Wildman–Crippen MR) is 80.9 cm³/mol. The van der Waals surface area contributed by atoms with Crippen molar-refractivity contribution >= 4 is 21.6 Å². The van der Waals surface area contributed by atoms with Crippen LogP contribution >= 0.6 is 0 Å². The van der Waals surface area contributed by atoms with Crippen LogP contribution in [0.15, 0.2) is 23.1 Å². The molecule has 1 aromatic carbocycles. The number of benzene rings is 1. The number of hydrogen-bond donors (Lipinski definition) is 3. The Hall–Kier alpha value is -1.60. The Morgan fingerprint density at radius 3 is 2.38 bits per heavy atom. The van der Waals surface area contributed by atoms with E-state index < -0.39 is 10.0 Å². The van der Waals surface area contributed by atoms with Crippen LogP contribution in [-0.4, -0.2) is 20.4 Å². The van der Waals surface area contributed by atoms with E-state index >= 15 is 0 Å². The molecule has 0 bridgehead atoms. The first-order valence-corrected chi connectivity index (χ1v) is 8.45. The number of nitrogen functional groups attached to an aromatic ring is 1. The summed E-state index contributed by atoms with van der Waals surface area (Å²) in [6.07, 6.45) is 2.45. The Balaban J connectivity index is 2.07. The first-order chi connectivity index (χ1) is 9.79. The fraction of sp³-hybridized carbons (Fsp3) is 0.500. The monoisotopic (exact) mass is 311 g/mol. The van der Waals surface area contributed by atoms with Gasteiger partial charge in [-0.2, -0.15) is 0 Å². The van der Waals surface area contributed by atoms with Crippen molar-refractivity contribution in [1.29, 1.82) is 0 Å². The molecule has 1 aliphatic carbocycles. The van der Waals surface area contributed by atoms with Gasteiger partial charge >= 0.3 is 0 Å². The molecular weight excluding hydrogens is 290 g/mol. The summed E-state index contributed by atoms with van der Waals surface area (Å²) in [7, 11) is -3.64. The van der Waals surface area contributed by atoms with E-state index in [-0.39, 0.29) is 28.4 Å². The van der Waals surface area contributed by atoms with Gasteiger partial charge in [-0.25, -0.2) is 13.1 Å². The molecule has 0 aliphatic heterocycles. The lowest BCUT2D eigenvalue weighted by Gasteiger charge is -2.27. The maximum absolute atomic E-state index is 12.4. The van der Waals surface area contributed by atoms with Gasteiger partial charge in [0, 0.05) is 12.0 Å². The van der Waals surface area contributed by atoms with Crippen molar-refractivity contribution in [2.24, 2.45) is 11.7 Å². The van der Waals surface area contributed by atoms with Crippen molar-refractivity contribution in [2.75, 3.05) is 5.73 Å². The first kappa shape index (κ1) is 15.8. The lowest BCUT2D eigenvalue weighted by atomic mass is 9.86. The van der Waals surface area contributed by atoms with Crippen LogP contribution in [-0.2, 0) is 14.8 Å². The number of hydrogen-bond acceptors (Lipinski definition) is 4. The van der Waals surface area contributed by atoms with E-state index in [1.54, 1.807) is 12.1 Å². The number of nitrogens with two attached hydrogens (primary N) is 2. The molecule has 7 heteroatoms. The van der Waals surface area contributed by atoms with E-state index in [1.165, 1.54) is 6.07 Å². The highest BCUT2D eigenvalue weighted by Crippen LogP contribution is 2.26. The van der Waals surface area contributed by atoms with Crippen LogP contribution < -0.4 is 16.2 Å². The quantitative estimate of drug-likeness (QED) is 0.716. The van der Waals surface area contributed by atoms with Crippen molar-refractivity contribution in [1.82, 2.24) is 4.72 Å². The molecule has 116 valence electrons. The normalized spacial score (nSPS) is 22.9. The van der Waals surface area contributed by atoms with Gasteiger partial charge in [-0.3, -0.25) is 4.79 Å². The largest absolute Gasteiger partial charge is 0.398 e. The number of anilines is 1. The van der Waals surface area contributed by atoms with Crippen molar-refractivity contribution in [3.05, 3.63) is 23.8 Å². The topological polar surface area (TPSA) is 115 Å². The molecule has 1 aromatic rings. The van der Waals surface area contributed by atoms with Gasteiger partial charge in [-0.15, -0.1) is 0 Å². The standard InChI is InChI=1S/C14H21N3O3S/c1-9-2-7-13(12(15)8-9)21(19,20)17-11-5-3-10(4-6-11)14(16)18/h2,7-8,10-11,17H,3-6,15H2,1H3,(H2,16,18). The number of primary amides is 1. The van der Waals surface area contributed by atoms with Crippen molar-refractivity contribution in [3.8, 4) is 0 Å². The third-order valence-electron chi connectivity index (χ3n) is 3.91. The number of nitrogens with one attached hydrogen (secondary N) is 1. The number of amides is 1. The molecule has 5 N–H and O–H groups in total. The minimum Gasteiger partial charge on any atom is -0.398 e. The Bertz CT molecular complexity index is 635. The Labute approximate surface area is 124 Å². The molecule has 21 heavy (non-hydrogen) atoms. The molecule has 0 spiro atoms. The van der Waals surface area contributed by atoms with Crippen LogP contribution in [0.5, 0.6) is 0 Å². The van der Waals surface area contributed by atoms with E-state index in [0.717, 1.165) is 5.56 Å². The fourth-order valence-corrected chi connectivity index (χ4v) is 4.11. The molecule has 1 amide bonds. The fourth-order valence-electron chi connectivity index (χ4n) is 2.69. The van der Waals surface area contributed by atoms with E-state index in [0.29, 0.717) is 25.7 Å². The van der Waals surface area contributed by atoms with E-state index in [2.05, 4.69) is 4.72 Å². The molecule has 0 heterocycles. The van der Waals surface area contributed by atoms with Crippen molar-refractivity contribution in [2.45, 2.75) is 43.5 Å². The number of carbonyl (C=O) groups is 1. The number of rotatable bonds is 4. The molecular formula is C14H21N3O3S. The second-order valence-electron chi connectivity index (χ2n) is 5.61. The zero-order valence-electron chi connectivity index (χ0n) is 12.0. The highest BCUT2D eigenvalue weighted by atomic mass is 32.2. The lowest BCUT2D eigenvalue weighted by molar-refractivity contribution is -0.122. The summed E-state index contributed by atoms with van der Waals surface area (Å²) in [6.45, 7) is 1.85. The average molecular weight is 311 g/mol. The second-order valence-corrected chi connectivity index (χ2v) is 7.30. The highest BCUT2D eigenvalue weighted by Gasteiger charge is 2.28. The third-order valence-corrected chi connectivity index (χ3v) is 5.50. The summed E-state index contributed by atoms with van der Waals surface area (Å²) in [6, 6.07) is 4.70. The maximum atomic E-state index is 12.4. The van der Waals surface area contributed by atoms with Gasteiger partial charge in [-0.1, -0.05) is 6.07 Å². The molecule has 1 aliphatic rings. The number of sulfonamides is 1. The van der Waals surface area contributed by atoms with E-state index in [1.807, 2.05) is 6.92 Å². The number of carbonyl (C=O) groups excluding carboxylic acids is 1. The van der Waals surface area contributed by atoms with Crippen molar-refractivity contribution < 1.29 is 13.2 Å². The Morgan fingerprint density at radius 1 is 1.24 bits per heavy atom. The molecule has 0 saturated heterocycles. The summed E-state index contributed by atoms with van der Waals surface area (Å²) in [4.78, 5) is 11.2. The van der Waals surface area contributed by atoms with Gasteiger partial charge in [0.2, 0.25) is 15.9 Å². The molecule has 1 fully saturated rings. The average Bonchev–Trinajstić information content (AvgIpc) is 2.38. The van der Waals surface area contributed by atoms with Crippen LogP contribution in [0.25, 0.3) is 0 Å². The van der Waals surface area contributed by atoms with Gasteiger partial charge in [0.25, 0.3) is 0 Å². The van der Waals surface area contributed by atoms with Crippen LogP contribution in [0.2, 0.25) is 0 Å². The van der Waals surface area contributed by atoms with Crippen LogP contribution in [0.4, 0.5) is 5.69 Å². The second kappa shape index (κ2) is 6.03. The summed E-state index contributed by atoms with van der Waals surface area (Å²) < 4.78 is 27.4. The van der Waals surface area contributed by atoms with Gasteiger partial charge < -0.3 is 11.5 Å². The van der Waals surface area contributed by atoms with Gasteiger partial charge in [0.1, 0.15) is 4.90 Å². The molecule has 6 nitrogen and oxygen atoms in total. The van der Waals surface area contributed by atoms with Gasteiger partial charge in [-0.05, 0) is 50.3 Å². The zero-order chi connectivity index (χ0) is 15.6. The smallest absolute Gasteiger partial charge is 0.242 e. The molecule has 2 rings (SSSR count). The lowest BCUT2D eigenvalue weighted by Crippen LogP contribution is -2.39. The van der Waals surface area contributed by atoms with Gasteiger partial charge in [0.05, 0.1) is 5.69 Å². The first-order valence-electron chi connectivity index (χ1n) is 6.97. The molecule has 0 radical (unpaired) electrons. The molecule has 0 unspecified atom stereocenters. The zero-order valence-corrected chi connectivity index (χ0v) is 12.8. The maximum Gasteiger partial charge on any atom is 0.242 e. The Kier molecular flexibility index (Phi) is 4.53. The highest BCUT2D eigenvalue weighted by molar-refractivity contribution is 7.89. The third kappa shape index (κ3) is 3.74. The SMILES string of the molecule is Cc1ccc(S(=O)(=O)NC2CCC(C(N)=O)CC2)c(N)c1. The summed E-state index contributed by atoms with van der Waals surface area (Å²) >= 11 is 0. The Morgan fingerprint density at radius 2 is 1.86 bits per heavy atom. The van der Waals surface area contributed by atoms with Crippen LogP contribution in [0, 0.1) is 12.8 Å². The van der Waals surface area contributed by atoms with E-state index in [4.69, 9.17) is 11.5 Å². The van der Waals surface area contributed by atoms with Crippen LogP contribution in [0.3, 0.4) is 0 Å². The summed E-state index contributed by atoms with van der Waals surface area (Å²) in [5.74, 6) is -0.450. The molecule has 1 saturated carbocycles. The van der Waals surface area contributed by atoms with Crippen molar-refractivity contribution in [3.63, 3.8) is 0 Å². The molecule has 0 aromatic heterocycles. The van der Waals surface area contributed by atoms with Crippen LogP contribution in [0.1, 0.15) is 31.2 Å². The molecule has 0 atom stereocenters. The summed E-state index contributed by atoms with van der Waals surface area (Å²) in [5.41, 5.74) is 12.2. The predicted octanol–water partition coefficient (Wildman–Crippen LogP) is 0.900. The van der Waals surface area contributed by atoms with Gasteiger partial charge in [0.15, 0.2) is 0 Å². The summed E-state index contributed by atoms with van der Waals surface area (Å²) in [5, 5.41) is 0.